The van der Waals surface area contributed by atoms with Gasteiger partial charge in [0.2, 0.25) is 0 Å². The van der Waals surface area contributed by atoms with Crippen molar-refractivity contribution in [2.75, 3.05) is 19.4 Å². The molecule has 0 spiro atoms. The van der Waals surface area contributed by atoms with Crippen molar-refractivity contribution in [1.29, 1.82) is 0 Å². The van der Waals surface area contributed by atoms with E-state index in [-0.39, 0.29) is 5.91 Å². The van der Waals surface area contributed by atoms with E-state index in [2.05, 4.69) is 21.2 Å². The minimum Gasteiger partial charge on any atom is -0.496 e. The minimum atomic E-state index is -0.0631. The van der Waals surface area contributed by atoms with Crippen molar-refractivity contribution in [2.24, 2.45) is 0 Å². The Bertz CT molecular complexity index is 433. The average molecular weight is 330 g/mol. The van der Waals surface area contributed by atoms with Crippen LogP contribution in [0.25, 0.3) is 0 Å². The number of benzene rings is 1. The van der Waals surface area contributed by atoms with Gasteiger partial charge in [0, 0.05) is 16.3 Å². The molecule has 1 aromatic carbocycles. The molecule has 1 saturated heterocycles. The van der Waals surface area contributed by atoms with Crippen molar-refractivity contribution in [1.82, 2.24) is 5.32 Å². The molecule has 2 rings (SSSR count). The van der Waals surface area contributed by atoms with Crippen LogP contribution in [-0.4, -0.2) is 30.6 Å². The van der Waals surface area contributed by atoms with Gasteiger partial charge in [-0.15, -0.1) is 0 Å². The van der Waals surface area contributed by atoms with Crippen LogP contribution in [0.15, 0.2) is 22.7 Å². The lowest BCUT2D eigenvalue weighted by Crippen LogP contribution is -2.30. The van der Waals surface area contributed by atoms with Crippen molar-refractivity contribution in [3.63, 3.8) is 0 Å². The van der Waals surface area contributed by atoms with Gasteiger partial charge in [-0.2, -0.15) is 11.8 Å². The normalized spacial score (nSPS) is 18.7. The Morgan fingerprint density at radius 2 is 2.44 bits per heavy atom. The van der Waals surface area contributed by atoms with Gasteiger partial charge < -0.3 is 10.1 Å². The molecule has 5 heteroatoms. The zero-order valence-corrected chi connectivity index (χ0v) is 12.6. The molecule has 0 saturated carbocycles. The van der Waals surface area contributed by atoms with Crippen LogP contribution >= 0.6 is 27.7 Å². The van der Waals surface area contributed by atoms with Gasteiger partial charge >= 0.3 is 0 Å². The zero-order valence-electron chi connectivity index (χ0n) is 10.2. The number of halogens is 1. The van der Waals surface area contributed by atoms with Gasteiger partial charge in [0.25, 0.3) is 5.91 Å². The number of nitrogens with one attached hydrogen (secondary N) is 1. The van der Waals surface area contributed by atoms with Crippen LogP contribution in [0.3, 0.4) is 0 Å². The predicted octanol–water partition coefficient (Wildman–Crippen LogP) is 3.08. The van der Waals surface area contributed by atoms with Crippen molar-refractivity contribution in [3.05, 3.63) is 28.2 Å². The smallest absolute Gasteiger partial charge is 0.255 e. The summed E-state index contributed by atoms with van der Waals surface area (Å²) >= 11 is 5.30. The van der Waals surface area contributed by atoms with Gasteiger partial charge in [0.05, 0.1) is 12.7 Å². The van der Waals surface area contributed by atoms with E-state index in [0.29, 0.717) is 16.6 Å². The number of thioether (sulfide) groups is 1. The molecule has 1 unspecified atom stereocenters. The van der Waals surface area contributed by atoms with Crippen LogP contribution in [0.4, 0.5) is 0 Å². The molecule has 0 aliphatic carbocycles. The Morgan fingerprint density at radius 3 is 3.11 bits per heavy atom. The molecular weight excluding hydrogens is 314 g/mol. The van der Waals surface area contributed by atoms with Gasteiger partial charge in [0.1, 0.15) is 5.75 Å². The quantitative estimate of drug-likeness (QED) is 0.922. The summed E-state index contributed by atoms with van der Waals surface area (Å²) in [5, 5.41) is 3.55. The van der Waals surface area contributed by atoms with Crippen molar-refractivity contribution in [2.45, 2.75) is 18.1 Å². The molecule has 1 atom stereocenters. The number of carbonyl (C=O) groups excluding carboxylic acids is 1. The molecule has 1 N–H and O–H groups in total. The Kier molecular flexibility index (Phi) is 4.95. The second-order valence-corrected chi connectivity index (χ2v) is 6.51. The number of methoxy groups -OCH3 is 1. The topological polar surface area (TPSA) is 38.3 Å². The molecule has 1 aliphatic heterocycles. The van der Waals surface area contributed by atoms with E-state index < -0.39 is 0 Å². The van der Waals surface area contributed by atoms with Crippen LogP contribution in [0, 0.1) is 0 Å². The highest BCUT2D eigenvalue weighted by atomic mass is 79.9. The molecule has 3 nitrogen and oxygen atoms in total. The standard InChI is InChI=1S/C13H16BrNO2S/c1-17-12-7-9(14)4-5-11(12)13(16)15-8-10-3-2-6-18-10/h4-5,7,10H,2-3,6,8H2,1H3,(H,15,16). The van der Waals surface area contributed by atoms with Gasteiger partial charge in [-0.3, -0.25) is 4.79 Å². The van der Waals surface area contributed by atoms with E-state index in [1.165, 1.54) is 18.6 Å². The monoisotopic (exact) mass is 329 g/mol. The summed E-state index contributed by atoms with van der Waals surface area (Å²) in [5.74, 6) is 1.75. The first-order valence-corrected chi connectivity index (χ1v) is 7.78. The molecule has 0 bridgehead atoms. The molecule has 98 valence electrons. The van der Waals surface area contributed by atoms with E-state index in [9.17, 15) is 4.79 Å². The average Bonchev–Trinajstić information content (AvgIpc) is 2.88. The molecule has 1 aliphatic rings. The van der Waals surface area contributed by atoms with Gasteiger partial charge in [-0.1, -0.05) is 15.9 Å². The van der Waals surface area contributed by atoms with Crippen molar-refractivity contribution in [3.8, 4) is 5.75 Å². The van der Waals surface area contributed by atoms with Gasteiger partial charge in [-0.05, 0) is 36.8 Å². The SMILES string of the molecule is COc1cc(Br)ccc1C(=O)NCC1CCCS1. The lowest BCUT2D eigenvalue weighted by molar-refractivity contribution is 0.0950. The van der Waals surface area contributed by atoms with Gasteiger partial charge in [0.15, 0.2) is 0 Å². The first-order chi connectivity index (χ1) is 8.70. The molecule has 1 amide bonds. The highest BCUT2D eigenvalue weighted by Crippen LogP contribution is 2.26. The van der Waals surface area contributed by atoms with Crippen LogP contribution in [-0.2, 0) is 0 Å². The minimum absolute atomic E-state index is 0.0631. The highest BCUT2D eigenvalue weighted by molar-refractivity contribution is 9.10. The number of carbonyl (C=O) groups is 1. The van der Waals surface area contributed by atoms with Gasteiger partial charge in [-0.25, -0.2) is 0 Å². The fourth-order valence-corrected chi connectivity index (χ4v) is 3.50. The summed E-state index contributed by atoms with van der Waals surface area (Å²) in [6, 6.07) is 5.43. The molecule has 1 aromatic rings. The predicted molar refractivity (Wildman–Crippen MR) is 78.5 cm³/mol. The summed E-state index contributed by atoms with van der Waals surface area (Å²) in [5.41, 5.74) is 0.587. The van der Waals surface area contributed by atoms with E-state index >= 15 is 0 Å². The molecular formula is C13H16BrNO2S. The zero-order chi connectivity index (χ0) is 13.0. The second kappa shape index (κ2) is 6.48. The molecule has 0 radical (unpaired) electrons. The molecule has 0 aromatic heterocycles. The highest BCUT2D eigenvalue weighted by Gasteiger charge is 2.18. The summed E-state index contributed by atoms with van der Waals surface area (Å²) < 4.78 is 6.13. The van der Waals surface area contributed by atoms with E-state index in [0.717, 1.165) is 11.0 Å². The number of amides is 1. The Morgan fingerprint density at radius 1 is 1.61 bits per heavy atom. The maximum atomic E-state index is 12.1. The van der Waals surface area contributed by atoms with Crippen molar-refractivity contribution >= 4 is 33.6 Å². The fraction of sp³-hybridized carbons (Fsp3) is 0.462. The van der Waals surface area contributed by atoms with Crippen molar-refractivity contribution < 1.29 is 9.53 Å². The Labute approximate surface area is 120 Å². The summed E-state index contributed by atoms with van der Waals surface area (Å²) in [7, 11) is 1.57. The van der Waals surface area contributed by atoms with E-state index in [1.54, 1.807) is 19.2 Å². The maximum absolute atomic E-state index is 12.1. The number of ether oxygens (including phenoxy) is 1. The third kappa shape index (κ3) is 3.42. The summed E-state index contributed by atoms with van der Waals surface area (Å²) in [6.45, 7) is 0.739. The second-order valence-electron chi connectivity index (χ2n) is 4.19. The number of hydrogen-bond acceptors (Lipinski definition) is 3. The van der Waals surface area contributed by atoms with E-state index in [1.807, 2.05) is 17.8 Å². The van der Waals surface area contributed by atoms with E-state index in [4.69, 9.17) is 4.74 Å². The van der Waals surface area contributed by atoms with Crippen LogP contribution < -0.4 is 10.1 Å². The molecule has 1 heterocycles. The first kappa shape index (κ1) is 13.7. The Balaban J connectivity index is 1.99. The maximum Gasteiger partial charge on any atom is 0.255 e. The number of hydrogen-bond donors (Lipinski definition) is 1. The summed E-state index contributed by atoms with van der Waals surface area (Å²) in [4.78, 5) is 12.1. The lowest BCUT2D eigenvalue weighted by atomic mass is 10.2. The third-order valence-corrected chi connectivity index (χ3v) is 4.81. The van der Waals surface area contributed by atoms with Crippen LogP contribution in [0.1, 0.15) is 23.2 Å². The lowest BCUT2D eigenvalue weighted by Gasteiger charge is -2.12. The largest absolute Gasteiger partial charge is 0.496 e. The summed E-state index contributed by atoms with van der Waals surface area (Å²) in [6.07, 6.45) is 2.45. The van der Waals surface area contributed by atoms with Crippen LogP contribution in [0.2, 0.25) is 0 Å². The molecule has 18 heavy (non-hydrogen) atoms. The fourth-order valence-electron chi connectivity index (χ4n) is 1.96. The third-order valence-electron chi connectivity index (χ3n) is 2.92. The van der Waals surface area contributed by atoms with Crippen LogP contribution in [0.5, 0.6) is 5.75 Å². The Hall–Kier alpha value is -0.680. The number of rotatable bonds is 4. The molecule has 1 fully saturated rings. The first-order valence-electron chi connectivity index (χ1n) is 5.94.